The van der Waals surface area contributed by atoms with Crippen LogP contribution in [0.15, 0.2) is 18.3 Å². The molecule has 1 unspecified atom stereocenters. The fourth-order valence-corrected chi connectivity index (χ4v) is 2.82. The van der Waals surface area contributed by atoms with Crippen LogP contribution in [-0.4, -0.2) is 42.5 Å². The van der Waals surface area contributed by atoms with Crippen molar-refractivity contribution in [3.05, 3.63) is 24.0 Å². The Hall–Kier alpha value is -2.09. The summed E-state index contributed by atoms with van der Waals surface area (Å²) in [4.78, 5) is 20.5. The summed E-state index contributed by atoms with van der Waals surface area (Å²) in [6, 6.07) is 5.54. The molecule has 1 atom stereocenters. The minimum atomic E-state index is -0.399. The third-order valence-corrected chi connectivity index (χ3v) is 4.13. The molecule has 0 aliphatic carbocycles. The monoisotopic (exact) mass is 286 g/mol. The van der Waals surface area contributed by atoms with Crippen LogP contribution in [0, 0.1) is 16.7 Å². The Balaban J connectivity index is 2.31. The van der Waals surface area contributed by atoms with Gasteiger partial charge in [-0.3, -0.25) is 9.78 Å². The van der Waals surface area contributed by atoms with Gasteiger partial charge >= 0.3 is 0 Å². The van der Waals surface area contributed by atoms with Crippen molar-refractivity contribution in [2.75, 3.05) is 25.5 Å². The van der Waals surface area contributed by atoms with Crippen molar-refractivity contribution in [3.8, 4) is 6.07 Å². The molecule has 2 heterocycles. The molecular weight excluding hydrogens is 264 g/mol. The van der Waals surface area contributed by atoms with E-state index in [0.29, 0.717) is 12.2 Å². The van der Waals surface area contributed by atoms with E-state index >= 15 is 0 Å². The van der Waals surface area contributed by atoms with E-state index in [9.17, 15) is 10.1 Å². The van der Waals surface area contributed by atoms with Crippen LogP contribution in [-0.2, 0) is 0 Å². The van der Waals surface area contributed by atoms with Crippen LogP contribution in [0.2, 0.25) is 0 Å². The highest BCUT2D eigenvalue weighted by Gasteiger charge is 2.40. The summed E-state index contributed by atoms with van der Waals surface area (Å²) in [7, 11) is 3.84. The summed E-state index contributed by atoms with van der Waals surface area (Å²) < 4.78 is 0. The molecule has 1 aliphatic rings. The van der Waals surface area contributed by atoms with E-state index in [1.165, 1.54) is 0 Å². The number of nitriles is 1. The lowest BCUT2D eigenvalue weighted by Crippen LogP contribution is -2.51. The van der Waals surface area contributed by atoms with E-state index in [0.717, 1.165) is 18.5 Å². The van der Waals surface area contributed by atoms with Gasteiger partial charge in [0, 0.05) is 32.5 Å². The van der Waals surface area contributed by atoms with Gasteiger partial charge in [0.05, 0.1) is 6.07 Å². The van der Waals surface area contributed by atoms with Gasteiger partial charge in [-0.1, -0.05) is 13.8 Å². The van der Waals surface area contributed by atoms with Gasteiger partial charge in [-0.05, 0) is 30.4 Å². The first kappa shape index (κ1) is 15.3. The maximum Gasteiger partial charge on any atom is 0.273 e. The van der Waals surface area contributed by atoms with Gasteiger partial charge in [0.1, 0.15) is 11.7 Å². The second kappa shape index (κ2) is 5.72. The minimum absolute atomic E-state index is 0.155. The third-order valence-electron chi connectivity index (χ3n) is 4.13. The van der Waals surface area contributed by atoms with Gasteiger partial charge in [-0.15, -0.1) is 0 Å². The van der Waals surface area contributed by atoms with Crippen molar-refractivity contribution in [2.45, 2.75) is 32.7 Å². The summed E-state index contributed by atoms with van der Waals surface area (Å²) >= 11 is 0. The predicted molar refractivity (Wildman–Crippen MR) is 82.0 cm³/mol. The fraction of sp³-hybridized carbons (Fsp3) is 0.562. The molecule has 1 aromatic heterocycles. The van der Waals surface area contributed by atoms with E-state index in [4.69, 9.17) is 0 Å². The van der Waals surface area contributed by atoms with Crippen LogP contribution in [0.1, 0.15) is 37.2 Å². The summed E-state index contributed by atoms with van der Waals surface area (Å²) in [6.45, 7) is 4.71. The third kappa shape index (κ3) is 2.99. The lowest BCUT2D eigenvalue weighted by molar-refractivity contribution is 0.0432. The Labute approximate surface area is 126 Å². The number of aromatic nitrogens is 1. The molecule has 1 aromatic rings. The maximum absolute atomic E-state index is 12.7. The van der Waals surface area contributed by atoms with Crippen LogP contribution < -0.4 is 4.90 Å². The first-order chi connectivity index (χ1) is 9.86. The first-order valence-electron chi connectivity index (χ1n) is 7.21. The zero-order valence-electron chi connectivity index (χ0n) is 13.1. The van der Waals surface area contributed by atoms with Crippen molar-refractivity contribution in [3.63, 3.8) is 0 Å². The molecule has 0 spiro atoms. The van der Waals surface area contributed by atoms with Crippen molar-refractivity contribution < 1.29 is 4.79 Å². The van der Waals surface area contributed by atoms with E-state index in [2.05, 4.69) is 11.1 Å². The number of pyridine rings is 1. The molecule has 1 aliphatic heterocycles. The lowest BCUT2D eigenvalue weighted by atomic mass is 9.77. The van der Waals surface area contributed by atoms with Crippen molar-refractivity contribution in [1.82, 2.24) is 9.88 Å². The normalized spacial score (nSPS) is 20.7. The standard InChI is InChI=1S/C16H22N4O/c1-16(2)7-5-9-20(14(16)11-17)15(21)13-10-12(19(3)4)6-8-18-13/h6,8,10,14H,5,7,9H2,1-4H3. The van der Waals surface area contributed by atoms with Crippen LogP contribution in [0.3, 0.4) is 0 Å². The largest absolute Gasteiger partial charge is 0.378 e. The van der Waals surface area contributed by atoms with E-state index in [1.54, 1.807) is 17.2 Å². The summed E-state index contributed by atoms with van der Waals surface area (Å²) in [5.74, 6) is -0.155. The molecule has 1 fully saturated rings. The zero-order chi connectivity index (χ0) is 15.6. The first-order valence-corrected chi connectivity index (χ1v) is 7.21. The minimum Gasteiger partial charge on any atom is -0.378 e. The van der Waals surface area contributed by atoms with Crippen LogP contribution >= 0.6 is 0 Å². The van der Waals surface area contributed by atoms with Crippen LogP contribution in [0.5, 0.6) is 0 Å². The van der Waals surface area contributed by atoms with E-state index in [-0.39, 0.29) is 11.3 Å². The van der Waals surface area contributed by atoms with Crippen molar-refractivity contribution in [1.29, 1.82) is 5.26 Å². The fourth-order valence-electron chi connectivity index (χ4n) is 2.82. The van der Waals surface area contributed by atoms with Gasteiger partial charge < -0.3 is 9.80 Å². The Morgan fingerprint density at radius 3 is 2.86 bits per heavy atom. The van der Waals surface area contributed by atoms with Crippen LogP contribution in [0.25, 0.3) is 0 Å². The Bertz CT molecular complexity index is 574. The predicted octanol–water partition coefficient (Wildman–Crippen LogP) is 2.30. The van der Waals surface area contributed by atoms with Crippen molar-refractivity contribution >= 4 is 11.6 Å². The number of hydrogen-bond donors (Lipinski definition) is 0. The van der Waals surface area contributed by atoms with Gasteiger partial charge in [0.25, 0.3) is 5.91 Å². The molecular formula is C16H22N4O. The maximum atomic E-state index is 12.7. The van der Waals surface area contributed by atoms with Crippen molar-refractivity contribution in [2.24, 2.45) is 5.41 Å². The number of nitrogens with zero attached hydrogens (tertiary/aromatic N) is 4. The number of carbonyl (C=O) groups excluding carboxylic acids is 1. The van der Waals surface area contributed by atoms with Crippen LogP contribution in [0.4, 0.5) is 5.69 Å². The number of rotatable bonds is 2. The van der Waals surface area contributed by atoms with E-state index < -0.39 is 6.04 Å². The number of carbonyl (C=O) groups is 1. The molecule has 2 rings (SSSR count). The SMILES string of the molecule is CN(C)c1ccnc(C(=O)N2CCCC(C)(C)C2C#N)c1. The van der Waals surface area contributed by atoms with Gasteiger partial charge in [0.2, 0.25) is 0 Å². The Kier molecular flexibility index (Phi) is 4.17. The number of hydrogen-bond acceptors (Lipinski definition) is 4. The van der Waals surface area contributed by atoms with E-state index in [1.807, 2.05) is 38.9 Å². The number of piperidine rings is 1. The molecule has 0 N–H and O–H groups in total. The molecule has 21 heavy (non-hydrogen) atoms. The summed E-state index contributed by atoms with van der Waals surface area (Å²) in [5.41, 5.74) is 1.15. The number of anilines is 1. The second-order valence-electron chi connectivity index (χ2n) is 6.42. The molecule has 0 aromatic carbocycles. The average molecular weight is 286 g/mol. The highest BCUT2D eigenvalue weighted by Crippen LogP contribution is 2.35. The molecule has 0 bridgehead atoms. The average Bonchev–Trinajstić information content (AvgIpc) is 2.45. The highest BCUT2D eigenvalue weighted by atomic mass is 16.2. The second-order valence-corrected chi connectivity index (χ2v) is 6.42. The van der Waals surface area contributed by atoms with Gasteiger partial charge in [0.15, 0.2) is 0 Å². The number of likely N-dealkylation sites (tertiary alicyclic amines) is 1. The molecule has 0 saturated carbocycles. The summed E-state index contributed by atoms with van der Waals surface area (Å²) in [5, 5.41) is 9.46. The Morgan fingerprint density at radius 2 is 2.24 bits per heavy atom. The molecule has 112 valence electrons. The smallest absolute Gasteiger partial charge is 0.273 e. The topological polar surface area (TPSA) is 60.2 Å². The zero-order valence-corrected chi connectivity index (χ0v) is 13.1. The lowest BCUT2D eigenvalue weighted by Gasteiger charge is -2.42. The summed E-state index contributed by atoms with van der Waals surface area (Å²) in [6.07, 6.45) is 3.52. The quantitative estimate of drug-likeness (QED) is 0.837. The van der Waals surface area contributed by atoms with Gasteiger partial charge in [-0.2, -0.15) is 5.26 Å². The molecule has 0 radical (unpaired) electrons. The Morgan fingerprint density at radius 1 is 1.52 bits per heavy atom. The molecule has 5 heteroatoms. The molecule has 1 saturated heterocycles. The molecule has 5 nitrogen and oxygen atoms in total. The number of amides is 1. The highest BCUT2D eigenvalue weighted by molar-refractivity contribution is 5.93. The molecule has 1 amide bonds. The van der Waals surface area contributed by atoms with Gasteiger partial charge in [-0.25, -0.2) is 0 Å².